The molecule has 1 heterocycles. The van der Waals surface area contributed by atoms with Gasteiger partial charge in [-0.05, 0) is 31.5 Å². The Morgan fingerprint density at radius 3 is 2.73 bits per heavy atom. The maximum Gasteiger partial charge on any atom is 0.279 e. The zero-order valence-corrected chi connectivity index (χ0v) is 13.9. The van der Waals surface area contributed by atoms with Gasteiger partial charge in [-0.3, -0.25) is 4.79 Å². The first-order valence-electron chi connectivity index (χ1n) is 7.24. The lowest BCUT2D eigenvalue weighted by Crippen LogP contribution is -2.12. The molecule has 1 aromatic carbocycles. The maximum atomic E-state index is 12.3. The fourth-order valence-corrected chi connectivity index (χ4v) is 2.55. The Labute approximate surface area is 133 Å². The van der Waals surface area contributed by atoms with Gasteiger partial charge in [-0.2, -0.15) is 4.99 Å². The Morgan fingerprint density at radius 2 is 2.09 bits per heavy atom. The molecule has 0 saturated heterocycles. The summed E-state index contributed by atoms with van der Waals surface area (Å²) in [7, 11) is 1.86. The first-order valence-corrected chi connectivity index (χ1v) is 8.12. The third-order valence-electron chi connectivity index (χ3n) is 2.91. The first kappa shape index (κ1) is 16.3. The smallest absolute Gasteiger partial charge is 0.279 e. The van der Waals surface area contributed by atoms with E-state index in [1.54, 1.807) is 18.2 Å². The van der Waals surface area contributed by atoms with Gasteiger partial charge < -0.3 is 14.0 Å². The average molecular weight is 320 g/mol. The van der Waals surface area contributed by atoms with E-state index in [0.717, 1.165) is 6.42 Å². The lowest BCUT2D eigenvalue weighted by Gasteiger charge is -2.12. The summed E-state index contributed by atoms with van der Waals surface area (Å²) in [5, 5.41) is 1.89. The van der Waals surface area contributed by atoms with Crippen LogP contribution in [0, 0.1) is 0 Å². The van der Waals surface area contributed by atoms with E-state index in [-0.39, 0.29) is 5.91 Å². The Morgan fingerprint density at radius 1 is 1.27 bits per heavy atom. The van der Waals surface area contributed by atoms with Crippen molar-refractivity contribution in [1.82, 2.24) is 4.57 Å². The summed E-state index contributed by atoms with van der Waals surface area (Å²) in [4.78, 5) is 17.1. The molecule has 0 atom stereocenters. The van der Waals surface area contributed by atoms with Crippen molar-refractivity contribution in [3.63, 3.8) is 0 Å². The minimum absolute atomic E-state index is 0.291. The number of aryl methyl sites for hydroxylation is 1. The first-order chi connectivity index (χ1) is 10.7. The molecule has 0 aliphatic rings. The molecule has 2 rings (SSSR count). The van der Waals surface area contributed by atoms with E-state index < -0.39 is 0 Å². The SMILES string of the molecule is CCCOc1ccc(C(=O)N=c2sccn2C)cc1OCC. The molecule has 118 valence electrons. The molecular weight excluding hydrogens is 300 g/mol. The fourth-order valence-electron chi connectivity index (χ4n) is 1.83. The van der Waals surface area contributed by atoms with E-state index in [1.807, 2.05) is 37.0 Å². The van der Waals surface area contributed by atoms with Crippen LogP contribution in [0.2, 0.25) is 0 Å². The van der Waals surface area contributed by atoms with E-state index >= 15 is 0 Å². The van der Waals surface area contributed by atoms with Gasteiger partial charge in [0.05, 0.1) is 13.2 Å². The van der Waals surface area contributed by atoms with Crippen molar-refractivity contribution in [2.75, 3.05) is 13.2 Å². The van der Waals surface area contributed by atoms with Crippen molar-refractivity contribution in [3.8, 4) is 11.5 Å². The predicted molar refractivity (Wildman–Crippen MR) is 86.6 cm³/mol. The molecule has 5 nitrogen and oxygen atoms in total. The van der Waals surface area contributed by atoms with E-state index in [0.29, 0.717) is 35.1 Å². The Kier molecular flexibility index (Phi) is 5.77. The average Bonchev–Trinajstić information content (AvgIpc) is 2.91. The number of benzene rings is 1. The molecule has 22 heavy (non-hydrogen) atoms. The second kappa shape index (κ2) is 7.79. The van der Waals surface area contributed by atoms with Crippen molar-refractivity contribution in [2.24, 2.45) is 12.0 Å². The highest BCUT2D eigenvalue weighted by Crippen LogP contribution is 2.29. The number of thiazole rings is 1. The van der Waals surface area contributed by atoms with Gasteiger partial charge in [-0.15, -0.1) is 11.3 Å². The molecule has 0 saturated carbocycles. The molecule has 0 bridgehead atoms. The van der Waals surface area contributed by atoms with Gasteiger partial charge in [0.15, 0.2) is 16.3 Å². The van der Waals surface area contributed by atoms with Gasteiger partial charge >= 0.3 is 0 Å². The van der Waals surface area contributed by atoms with Gasteiger partial charge in [0.25, 0.3) is 5.91 Å². The highest BCUT2D eigenvalue weighted by molar-refractivity contribution is 7.07. The van der Waals surface area contributed by atoms with E-state index in [1.165, 1.54) is 11.3 Å². The zero-order chi connectivity index (χ0) is 15.9. The Bertz CT molecular complexity index is 703. The molecule has 6 heteroatoms. The largest absolute Gasteiger partial charge is 0.490 e. The number of nitrogens with zero attached hydrogens (tertiary/aromatic N) is 2. The number of hydrogen-bond acceptors (Lipinski definition) is 4. The third kappa shape index (κ3) is 3.98. The molecule has 0 N–H and O–H groups in total. The van der Waals surface area contributed by atoms with Gasteiger partial charge in [0.2, 0.25) is 0 Å². The normalized spacial score (nSPS) is 11.5. The summed E-state index contributed by atoms with van der Waals surface area (Å²) < 4.78 is 13.0. The predicted octanol–water partition coefficient (Wildman–Crippen LogP) is 3.02. The summed E-state index contributed by atoms with van der Waals surface area (Å²) in [5.41, 5.74) is 0.487. The number of aromatic nitrogens is 1. The van der Waals surface area contributed by atoms with Crippen LogP contribution in [0.15, 0.2) is 34.8 Å². The molecule has 0 spiro atoms. The van der Waals surface area contributed by atoms with Crippen LogP contribution in [0.5, 0.6) is 11.5 Å². The topological polar surface area (TPSA) is 52.8 Å². The minimum atomic E-state index is -0.291. The van der Waals surface area contributed by atoms with Crippen LogP contribution >= 0.6 is 11.3 Å². The minimum Gasteiger partial charge on any atom is -0.490 e. The number of rotatable bonds is 6. The highest BCUT2D eigenvalue weighted by atomic mass is 32.1. The molecule has 0 aliphatic heterocycles. The van der Waals surface area contributed by atoms with Crippen LogP contribution in [0.4, 0.5) is 0 Å². The summed E-state index contributed by atoms with van der Waals surface area (Å²) in [6.07, 6.45) is 2.78. The van der Waals surface area contributed by atoms with E-state index in [2.05, 4.69) is 4.99 Å². The van der Waals surface area contributed by atoms with Crippen LogP contribution in [0.3, 0.4) is 0 Å². The van der Waals surface area contributed by atoms with Crippen molar-refractivity contribution in [3.05, 3.63) is 40.1 Å². The molecular formula is C16H20N2O3S. The van der Waals surface area contributed by atoms with Crippen LogP contribution in [-0.4, -0.2) is 23.7 Å². The molecule has 0 aliphatic carbocycles. The quantitative estimate of drug-likeness (QED) is 0.822. The van der Waals surface area contributed by atoms with Crippen molar-refractivity contribution < 1.29 is 14.3 Å². The highest BCUT2D eigenvalue weighted by Gasteiger charge is 2.11. The van der Waals surface area contributed by atoms with Crippen LogP contribution < -0.4 is 14.3 Å². The summed E-state index contributed by atoms with van der Waals surface area (Å²) >= 11 is 1.42. The zero-order valence-electron chi connectivity index (χ0n) is 13.0. The number of amides is 1. The van der Waals surface area contributed by atoms with Crippen molar-refractivity contribution in [1.29, 1.82) is 0 Å². The fraction of sp³-hybridized carbons (Fsp3) is 0.375. The van der Waals surface area contributed by atoms with E-state index in [4.69, 9.17) is 9.47 Å². The Hall–Kier alpha value is -2.08. The molecule has 0 unspecified atom stereocenters. The Balaban J connectivity index is 2.30. The maximum absolute atomic E-state index is 12.3. The monoisotopic (exact) mass is 320 g/mol. The molecule has 1 amide bonds. The number of carbonyl (C=O) groups excluding carboxylic acids is 1. The number of carbonyl (C=O) groups is 1. The van der Waals surface area contributed by atoms with Gasteiger partial charge in [0.1, 0.15) is 0 Å². The van der Waals surface area contributed by atoms with Crippen LogP contribution in [0.25, 0.3) is 0 Å². The lowest BCUT2D eigenvalue weighted by atomic mass is 10.2. The van der Waals surface area contributed by atoms with Gasteiger partial charge in [-0.1, -0.05) is 6.92 Å². The lowest BCUT2D eigenvalue weighted by molar-refractivity contribution is 0.0997. The summed E-state index contributed by atoms with van der Waals surface area (Å²) in [5.74, 6) is 0.940. The molecule has 1 aromatic heterocycles. The number of ether oxygens (including phenoxy) is 2. The molecule has 0 radical (unpaired) electrons. The standard InChI is InChI=1S/C16H20N2O3S/c1-4-9-21-13-7-6-12(11-14(13)20-5-2)15(19)17-16-18(3)8-10-22-16/h6-8,10-11H,4-5,9H2,1-3H3. The summed E-state index contributed by atoms with van der Waals surface area (Å²) in [6, 6.07) is 5.17. The van der Waals surface area contributed by atoms with Crippen molar-refractivity contribution in [2.45, 2.75) is 20.3 Å². The van der Waals surface area contributed by atoms with Gasteiger partial charge in [-0.25, -0.2) is 0 Å². The van der Waals surface area contributed by atoms with Gasteiger partial charge in [0, 0.05) is 24.2 Å². The number of hydrogen-bond donors (Lipinski definition) is 0. The second-order valence-corrected chi connectivity index (χ2v) is 5.53. The summed E-state index contributed by atoms with van der Waals surface area (Å²) in [6.45, 7) is 5.06. The van der Waals surface area contributed by atoms with Crippen molar-refractivity contribution >= 4 is 17.2 Å². The van der Waals surface area contributed by atoms with E-state index in [9.17, 15) is 4.79 Å². The third-order valence-corrected chi connectivity index (χ3v) is 3.76. The van der Waals surface area contributed by atoms with Crippen LogP contribution in [0.1, 0.15) is 30.6 Å². The second-order valence-electron chi connectivity index (χ2n) is 4.66. The molecule has 2 aromatic rings. The van der Waals surface area contributed by atoms with Crippen LogP contribution in [-0.2, 0) is 7.05 Å². The molecule has 0 fully saturated rings.